The Morgan fingerprint density at radius 1 is 1.00 bits per heavy atom. The molecule has 0 unspecified atom stereocenters. The normalized spacial score (nSPS) is 10.4. The van der Waals surface area contributed by atoms with Crippen molar-refractivity contribution in [3.8, 4) is 0 Å². The molecule has 0 amide bonds. The van der Waals surface area contributed by atoms with Crippen molar-refractivity contribution in [2.75, 3.05) is 6.61 Å². The largest absolute Gasteiger partial charge is 0.237 e. The highest BCUT2D eigenvalue weighted by atomic mass is 16.2. The maximum Gasteiger partial charge on any atom is 0.0825 e. The van der Waals surface area contributed by atoms with Gasteiger partial charge in [-0.15, -0.1) is 0 Å². The van der Waals surface area contributed by atoms with Crippen molar-refractivity contribution in [1.29, 1.82) is 0 Å². The lowest BCUT2D eigenvalue weighted by molar-refractivity contribution is 0.189. The molecule has 1 radical (unpaired) electrons. The molecule has 0 N–H and O–H groups in total. The van der Waals surface area contributed by atoms with Gasteiger partial charge in [-0.25, -0.2) is 5.11 Å². The van der Waals surface area contributed by atoms with E-state index >= 15 is 0 Å². The Balaban J connectivity index is 2.60. The van der Waals surface area contributed by atoms with Gasteiger partial charge in [0.1, 0.15) is 0 Å². The van der Waals surface area contributed by atoms with Crippen molar-refractivity contribution in [3.05, 3.63) is 35.4 Å². The highest BCUT2D eigenvalue weighted by molar-refractivity contribution is 5.27. The predicted octanol–water partition coefficient (Wildman–Crippen LogP) is 3.39. The van der Waals surface area contributed by atoms with Crippen LogP contribution in [0.4, 0.5) is 0 Å². The summed E-state index contributed by atoms with van der Waals surface area (Å²) in [6.45, 7) is 2.25. The van der Waals surface area contributed by atoms with Crippen molar-refractivity contribution in [1.82, 2.24) is 0 Å². The summed E-state index contributed by atoms with van der Waals surface area (Å²) in [5.41, 5.74) is 2.81. The molecule has 0 heterocycles. The second-order valence-corrected chi connectivity index (χ2v) is 3.68. The zero-order valence-electron chi connectivity index (χ0n) is 8.96. The summed E-state index contributed by atoms with van der Waals surface area (Å²) in [7, 11) is 0. The molecular weight excluding hydrogens is 172 g/mol. The molecule has 14 heavy (non-hydrogen) atoms. The van der Waals surface area contributed by atoms with Crippen LogP contribution in [0.5, 0.6) is 0 Å². The Labute approximate surface area is 86.8 Å². The summed E-state index contributed by atoms with van der Waals surface area (Å²) >= 11 is 0. The number of benzene rings is 1. The molecule has 77 valence electrons. The van der Waals surface area contributed by atoms with Gasteiger partial charge in [0, 0.05) is 0 Å². The fourth-order valence-corrected chi connectivity index (χ4v) is 1.68. The van der Waals surface area contributed by atoms with Crippen molar-refractivity contribution in [2.24, 2.45) is 0 Å². The Kier molecular flexibility index (Phi) is 5.31. The average molecular weight is 191 g/mol. The van der Waals surface area contributed by atoms with E-state index in [4.69, 9.17) is 0 Å². The zero-order valence-corrected chi connectivity index (χ0v) is 8.96. The molecule has 0 atom stereocenters. The lowest BCUT2D eigenvalue weighted by Crippen LogP contribution is -1.95. The van der Waals surface area contributed by atoms with Crippen molar-refractivity contribution >= 4 is 0 Å². The van der Waals surface area contributed by atoms with Gasteiger partial charge in [0.2, 0.25) is 0 Å². The molecule has 1 aromatic rings. The van der Waals surface area contributed by atoms with Gasteiger partial charge in [0.15, 0.2) is 0 Å². The summed E-state index contributed by atoms with van der Waals surface area (Å²) in [5.74, 6) is 0. The van der Waals surface area contributed by atoms with E-state index in [2.05, 4.69) is 31.2 Å². The van der Waals surface area contributed by atoms with Gasteiger partial charge >= 0.3 is 0 Å². The molecule has 1 aromatic carbocycles. The summed E-state index contributed by atoms with van der Waals surface area (Å²) < 4.78 is 0. The van der Waals surface area contributed by atoms with E-state index in [9.17, 15) is 5.11 Å². The first kappa shape index (κ1) is 11.3. The Morgan fingerprint density at radius 2 is 1.57 bits per heavy atom. The van der Waals surface area contributed by atoms with Gasteiger partial charge in [-0.2, -0.15) is 0 Å². The van der Waals surface area contributed by atoms with E-state index in [1.54, 1.807) is 0 Å². The van der Waals surface area contributed by atoms with Crippen LogP contribution < -0.4 is 0 Å². The van der Waals surface area contributed by atoms with E-state index in [-0.39, 0.29) is 6.61 Å². The maximum atomic E-state index is 10.4. The predicted molar refractivity (Wildman–Crippen MR) is 58.9 cm³/mol. The molecular formula is C13H19O. The first-order valence-electron chi connectivity index (χ1n) is 5.53. The third-order valence-corrected chi connectivity index (χ3v) is 2.51. The maximum absolute atomic E-state index is 10.4. The van der Waals surface area contributed by atoms with E-state index in [1.807, 2.05) is 0 Å². The fourth-order valence-electron chi connectivity index (χ4n) is 1.68. The number of hydrogen-bond donors (Lipinski definition) is 0. The van der Waals surface area contributed by atoms with Crippen LogP contribution in [0, 0.1) is 0 Å². The molecule has 1 rings (SSSR count). The topological polar surface area (TPSA) is 19.9 Å². The number of hydrogen-bond acceptors (Lipinski definition) is 0. The zero-order chi connectivity index (χ0) is 10.2. The molecule has 0 aliphatic carbocycles. The molecule has 0 aliphatic rings. The van der Waals surface area contributed by atoms with Gasteiger partial charge < -0.3 is 0 Å². The van der Waals surface area contributed by atoms with E-state index in [0.717, 1.165) is 19.3 Å². The standard InChI is InChI=1S/C13H19O/c1-2-3-7-12-8-4-5-9-13(12)10-6-11-14/h4-5,8-9H,2-3,6-7,10-11H2,1H3. The quantitative estimate of drug-likeness (QED) is 0.657. The minimum Gasteiger partial charge on any atom is -0.237 e. The average Bonchev–Trinajstić information content (AvgIpc) is 2.24. The smallest absolute Gasteiger partial charge is 0.0825 e. The first-order chi connectivity index (χ1) is 6.88. The van der Waals surface area contributed by atoms with Crippen LogP contribution in [0.3, 0.4) is 0 Å². The number of aryl methyl sites for hydroxylation is 2. The fraction of sp³-hybridized carbons (Fsp3) is 0.538. The second kappa shape index (κ2) is 6.61. The second-order valence-electron chi connectivity index (χ2n) is 3.68. The highest BCUT2D eigenvalue weighted by Gasteiger charge is 2.00. The van der Waals surface area contributed by atoms with E-state index < -0.39 is 0 Å². The molecule has 0 bridgehead atoms. The SMILES string of the molecule is CCCCc1ccccc1CCC[O]. The van der Waals surface area contributed by atoms with Crippen LogP contribution >= 0.6 is 0 Å². The molecule has 0 fully saturated rings. The van der Waals surface area contributed by atoms with Crippen LogP contribution in [0.25, 0.3) is 0 Å². The Bertz CT molecular complexity index is 228. The molecule has 0 aromatic heterocycles. The van der Waals surface area contributed by atoms with Crippen LogP contribution in [0.1, 0.15) is 37.3 Å². The van der Waals surface area contributed by atoms with Crippen molar-refractivity contribution in [2.45, 2.75) is 39.0 Å². The summed E-state index contributed by atoms with van der Waals surface area (Å²) in [4.78, 5) is 0. The number of unbranched alkanes of at least 4 members (excludes halogenated alkanes) is 1. The third kappa shape index (κ3) is 3.51. The van der Waals surface area contributed by atoms with Gasteiger partial charge in [-0.3, -0.25) is 0 Å². The van der Waals surface area contributed by atoms with Crippen molar-refractivity contribution in [3.63, 3.8) is 0 Å². The summed E-state index contributed by atoms with van der Waals surface area (Å²) in [6, 6.07) is 8.50. The minimum atomic E-state index is 0.0438. The van der Waals surface area contributed by atoms with Crippen LogP contribution in [0.15, 0.2) is 24.3 Å². The first-order valence-corrected chi connectivity index (χ1v) is 5.53. The van der Waals surface area contributed by atoms with Gasteiger partial charge in [-0.05, 0) is 36.8 Å². The summed E-state index contributed by atoms with van der Waals surface area (Å²) in [5, 5.41) is 10.4. The summed E-state index contributed by atoms with van der Waals surface area (Å²) in [6.07, 6.45) is 5.35. The van der Waals surface area contributed by atoms with Gasteiger partial charge in [0.05, 0.1) is 6.61 Å². The minimum absolute atomic E-state index is 0.0438. The lowest BCUT2D eigenvalue weighted by atomic mass is 9.99. The van der Waals surface area contributed by atoms with Crippen molar-refractivity contribution < 1.29 is 5.11 Å². The third-order valence-electron chi connectivity index (χ3n) is 2.51. The monoisotopic (exact) mass is 191 g/mol. The van der Waals surface area contributed by atoms with Crippen LogP contribution in [0.2, 0.25) is 0 Å². The lowest BCUT2D eigenvalue weighted by Gasteiger charge is -2.07. The molecule has 1 heteroatoms. The Morgan fingerprint density at radius 3 is 2.07 bits per heavy atom. The van der Waals surface area contributed by atoms with Gasteiger partial charge in [-0.1, -0.05) is 37.6 Å². The molecule has 0 saturated heterocycles. The number of rotatable bonds is 6. The van der Waals surface area contributed by atoms with Gasteiger partial charge in [0.25, 0.3) is 0 Å². The Hall–Kier alpha value is -0.820. The van der Waals surface area contributed by atoms with Crippen LogP contribution in [-0.2, 0) is 17.9 Å². The van der Waals surface area contributed by atoms with Crippen LogP contribution in [-0.4, -0.2) is 6.61 Å². The molecule has 0 saturated carbocycles. The molecule has 0 aliphatic heterocycles. The molecule has 0 spiro atoms. The van der Waals surface area contributed by atoms with E-state index in [0.29, 0.717) is 0 Å². The molecule has 1 nitrogen and oxygen atoms in total. The highest BCUT2D eigenvalue weighted by Crippen LogP contribution is 2.13. The van der Waals surface area contributed by atoms with E-state index in [1.165, 1.54) is 24.0 Å².